The van der Waals surface area contributed by atoms with Crippen molar-refractivity contribution in [2.24, 2.45) is 0 Å². The predicted octanol–water partition coefficient (Wildman–Crippen LogP) is 4.88. The normalized spacial score (nSPS) is 12.4. The van der Waals surface area contributed by atoms with Gasteiger partial charge in [-0.3, -0.25) is 0 Å². The highest BCUT2D eigenvalue weighted by atomic mass is 15.3. The summed E-state index contributed by atoms with van der Waals surface area (Å²) in [4.78, 5) is 0. The van der Waals surface area contributed by atoms with Crippen LogP contribution in [0.3, 0.4) is 0 Å². The minimum Gasteiger partial charge on any atom is -0.306 e. The zero-order chi connectivity index (χ0) is 17.1. The van der Waals surface area contributed by atoms with Crippen molar-refractivity contribution in [2.75, 3.05) is 0 Å². The van der Waals surface area contributed by atoms with Crippen molar-refractivity contribution in [2.45, 2.75) is 19.5 Å². The van der Waals surface area contributed by atoms with E-state index in [4.69, 9.17) is 0 Å². The van der Waals surface area contributed by atoms with Gasteiger partial charge in [0.25, 0.3) is 0 Å². The van der Waals surface area contributed by atoms with E-state index in [1.807, 2.05) is 29.1 Å². The van der Waals surface area contributed by atoms with E-state index in [0.29, 0.717) is 0 Å². The van der Waals surface area contributed by atoms with Gasteiger partial charge >= 0.3 is 0 Å². The van der Waals surface area contributed by atoms with Crippen LogP contribution in [-0.2, 0) is 6.54 Å². The lowest BCUT2D eigenvalue weighted by molar-refractivity contribution is 0.578. The summed E-state index contributed by atoms with van der Waals surface area (Å²) >= 11 is 0. The number of hydrogen-bond donors (Lipinski definition) is 1. The van der Waals surface area contributed by atoms with Gasteiger partial charge < -0.3 is 5.32 Å². The fourth-order valence-corrected chi connectivity index (χ4v) is 3.18. The molecule has 0 fully saturated rings. The number of nitrogens with zero attached hydrogens (tertiary/aromatic N) is 2. The average molecular weight is 327 g/mol. The maximum absolute atomic E-state index is 4.46. The van der Waals surface area contributed by atoms with E-state index in [-0.39, 0.29) is 6.04 Å². The van der Waals surface area contributed by atoms with Crippen LogP contribution < -0.4 is 5.32 Å². The maximum atomic E-state index is 4.46. The van der Waals surface area contributed by atoms with Crippen molar-refractivity contribution in [3.8, 4) is 5.69 Å². The third kappa shape index (κ3) is 3.32. The quantitative estimate of drug-likeness (QED) is 0.566. The van der Waals surface area contributed by atoms with Crippen LogP contribution in [0.25, 0.3) is 16.5 Å². The lowest BCUT2D eigenvalue weighted by Crippen LogP contribution is -2.18. The van der Waals surface area contributed by atoms with E-state index in [9.17, 15) is 0 Å². The van der Waals surface area contributed by atoms with E-state index in [2.05, 4.69) is 78.1 Å². The molecule has 1 aromatic heterocycles. The Morgan fingerprint density at radius 3 is 2.56 bits per heavy atom. The number of rotatable bonds is 5. The predicted molar refractivity (Wildman–Crippen MR) is 103 cm³/mol. The first-order valence-corrected chi connectivity index (χ1v) is 8.61. The minimum absolute atomic E-state index is 0.270. The monoisotopic (exact) mass is 327 g/mol. The molecule has 0 bridgehead atoms. The largest absolute Gasteiger partial charge is 0.306 e. The molecule has 0 radical (unpaired) electrons. The van der Waals surface area contributed by atoms with Crippen LogP contribution in [0.2, 0.25) is 0 Å². The molecule has 1 atom stereocenters. The summed E-state index contributed by atoms with van der Waals surface area (Å²) in [6, 6.07) is 25.5. The summed E-state index contributed by atoms with van der Waals surface area (Å²) in [5.74, 6) is 0. The Kier molecular flexibility index (Phi) is 4.32. The molecule has 4 aromatic rings. The van der Waals surface area contributed by atoms with Crippen LogP contribution in [-0.4, -0.2) is 9.78 Å². The van der Waals surface area contributed by atoms with E-state index in [1.165, 1.54) is 21.9 Å². The number of hydrogen-bond acceptors (Lipinski definition) is 2. The second-order valence-electron chi connectivity index (χ2n) is 6.30. The smallest absolute Gasteiger partial charge is 0.0645 e. The van der Waals surface area contributed by atoms with Crippen molar-refractivity contribution < 1.29 is 0 Å². The van der Waals surface area contributed by atoms with Gasteiger partial charge in [-0.25, -0.2) is 4.68 Å². The number of para-hydroxylation sites is 1. The number of benzene rings is 3. The molecule has 0 unspecified atom stereocenters. The fraction of sp³-hybridized carbons (Fsp3) is 0.136. The topological polar surface area (TPSA) is 29.9 Å². The molecule has 3 aromatic carbocycles. The molecule has 0 saturated heterocycles. The first kappa shape index (κ1) is 15.6. The minimum atomic E-state index is 0.270. The summed E-state index contributed by atoms with van der Waals surface area (Å²) < 4.78 is 1.92. The maximum Gasteiger partial charge on any atom is 0.0645 e. The first-order chi connectivity index (χ1) is 12.3. The molecule has 0 aliphatic heterocycles. The summed E-state index contributed by atoms with van der Waals surface area (Å²) in [5, 5.41) is 10.7. The van der Waals surface area contributed by atoms with Gasteiger partial charge in [-0.15, -0.1) is 0 Å². The Hall–Kier alpha value is -2.91. The van der Waals surface area contributed by atoms with E-state index < -0.39 is 0 Å². The van der Waals surface area contributed by atoms with Crippen molar-refractivity contribution in [1.82, 2.24) is 15.1 Å². The number of fused-ring (bicyclic) bond motifs is 1. The highest BCUT2D eigenvalue weighted by molar-refractivity contribution is 5.86. The van der Waals surface area contributed by atoms with Gasteiger partial charge in [0, 0.05) is 24.3 Å². The fourth-order valence-electron chi connectivity index (χ4n) is 3.18. The summed E-state index contributed by atoms with van der Waals surface area (Å²) in [6.07, 6.45) is 4.01. The van der Waals surface area contributed by atoms with E-state index >= 15 is 0 Å². The molecular weight excluding hydrogens is 306 g/mol. The lowest BCUT2D eigenvalue weighted by Gasteiger charge is -2.16. The molecule has 0 aliphatic rings. The molecule has 0 spiro atoms. The third-order valence-electron chi connectivity index (χ3n) is 4.56. The van der Waals surface area contributed by atoms with Crippen molar-refractivity contribution in [1.29, 1.82) is 0 Å². The number of aromatic nitrogens is 2. The van der Waals surface area contributed by atoms with Crippen molar-refractivity contribution in [3.05, 3.63) is 96.3 Å². The van der Waals surface area contributed by atoms with Crippen LogP contribution in [0.15, 0.2) is 85.2 Å². The number of nitrogens with one attached hydrogen (secondary N) is 1. The van der Waals surface area contributed by atoms with Crippen LogP contribution in [0.5, 0.6) is 0 Å². The Morgan fingerprint density at radius 1 is 0.920 bits per heavy atom. The van der Waals surface area contributed by atoms with Gasteiger partial charge in [0.1, 0.15) is 0 Å². The van der Waals surface area contributed by atoms with Gasteiger partial charge in [0.2, 0.25) is 0 Å². The molecule has 0 aliphatic carbocycles. The molecule has 3 nitrogen and oxygen atoms in total. The van der Waals surface area contributed by atoms with Crippen LogP contribution >= 0.6 is 0 Å². The van der Waals surface area contributed by atoms with Gasteiger partial charge in [-0.1, -0.05) is 60.7 Å². The molecule has 3 heteroatoms. The molecule has 25 heavy (non-hydrogen) atoms. The second-order valence-corrected chi connectivity index (χ2v) is 6.30. The van der Waals surface area contributed by atoms with Gasteiger partial charge in [0.15, 0.2) is 0 Å². The van der Waals surface area contributed by atoms with Gasteiger partial charge in [0.05, 0.1) is 11.9 Å². The molecule has 0 saturated carbocycles. The summed E-state index contributed by atoms with van der Waals surface area (Å²) in [5.41, 5.74) is 3.58. The van der Waals surface area contributed by atoms with E-state index in [0.717, 1.165) is 12.2 Å². The molecule has 4 rings (SSSR count). The molecule has 1 N–H and O–H groups in total. The second kappa shape index (κ2) is 6.91. The standard InChI is InChI=1S/C22H21N3/c1-17(21-13-7-9-19-8-5-6-12-22(19)21)23-14-18-15-24-25(16-18)20-10-3-2-4-11-20/h2-13,15-17,23H,14H2,1H3/t17-/m0/s1. The van der Waals surface area contributed by atoms with E-state index in [1.54, 1.807) is 0 Å². The van der Waals surface area contributed by atoms with Crippen LogP contribution in [0, 0.1) is 0 Å². The van der Waals surface area contributed by atoms with Crippen molar-refractivity contribution >= 4 is 10.8 Å². The Morgan fingerprint density at radius 2 is 1.68 bits per heavy atom. The molecular formula is C22H21N3. The summed E-state index contributed by atoms with van der Waals surface area (Å²) in [7, 11) is 0. The van der Waals surface area contributed by atoms with Crippen LogP contribution in [0.4, 0.5) is 0 Å². The molecule has 124 valence electrons. The zero-order valence-corrected chi connectivity index (χ0v) is 14.3. The van der Waals surface area contributed by atoms with Gasteiger partial charge in [-0.2, -0.15) is 5.10 Å². The van der Waals surface area contributed by atoms with Crippen molar-refractivity contribution in [3.63, 3.8) is 0 Å². The Bertz CT molecular complexity index is 967. The zero-order valence-electron chi connectivity index (χ0n) is 14.3. The first-order valence-electron chi connectivity index (χ1n) is 8.61. The molecule has 0 amide bonds. The van der Waals surface area contributed by atoms with Gasteiger partial charge in [-0.05, 0) is 35.4 Å². The SMILES string of the molecule is C[C@H](NCc1cnn(-c2ccccc2)c1)c1cccc2ccccc12. The highest BCUT2D eigenvalue weighted by Crippen LogP contribution is 2.24. The Labute approximate surface area is 147 Å². The average Bonchev–Trinajstić information content (AvgIpc) is 3.15. The third-order valence-corrected chi connectivity index (χ3v) is 4.56. The Balaban J connectivity index is 1.49. The van der Waals surface area contributed by atoms with Crippen LogP contribution in [0.1, 0.15) is 24.1 Å². The lowest BCUT2D eigenvalue weighted by atomic mass is 9.99. The highest BCUT2D eigenvalue weighted by Gasteiger charge is 2.09. The summed E-state index contributed by atoms with van der Waals surface area (Å²) in [6.45, 7) is 3.00. The molecule has 1 heterocycles.